The molecule has 1 aliphatic rings. The van der Waals surface area contributed by atoms with Crippen LogP contribution in [0.2, 0.25) is 0 Å². The molecule has 10 heavy (non-hydrogen) atoms. The molecule has 0 amide bonds. The summed E-state index contributed by atoms with van der Waals surface area (Å²) < 4.78 is 6.24. The summed E-state index contributed by atoms with van der Waals surface area (Å²) in [5.41, 5.74) is 0. The van der Waals surface area contributed by atoms with Crippen molar-refractivity contribution in [2.45, 2.75) is 0 Å². The van der Waals surface area contributed by atoms with Crippen molar-refractivity contribution < 1.29 is 21.6 Å². The van der Waals surface area contributed by atoms with E-state index in [0.29, 0.717) is 0 Å². The summed E-state index contributed by atoms with van der Waals surface area (Å²) in [6, 6.07) is 0. The Morgan fingerprint density at radius 2 is 2.40 bits per heavy atom. The van der Waals surface area contributed by atoms with Gasteiger partial charge in [-0.1, -0.05) is 6.58 Å². The minimum Gasteiger partial charge on any atom is -1.00 e. The summed E-state index contributed by atoms with van der Waals surface area (Å²) in [6.45, 7) is 7.62. The Kier molecular flexibility index (Phi) is 3.94. The van der Waals surface area contributed by atoms with Crippen molar-refractivity contribution in [3.8, 4) is 0 Å². The number of halogens is 1. The molecular formula is C7H14ClNO. The molecule has 60 valence electrons. The fourth-order valence-electron chi connectivity index (χ4n) is 1.09. The van der Waals surface area contributed by atoms with Gasteiger partial charge in [-0.25, -0.2) is 0 Å². The quantitative estimate of drug-likeness (QED) is 0.326. The average Bonchev–Trinajstić information content (AvgIpc) is 2.16. The molecule has 0 radical (unpaired) electrons. The van der Waals surface area contributed by atoms with Gasteiger partial charge in [-0.05, 0) is 6.08 Å². The van der Waals surface area contributed by atoms with Crippen molar-refractivity contribution in [3.05, 3.63) is 12.7 Å². The van der Waals surface area contributed by atoms with E-state index in [4.69, 9.17) is 4.74 Å². The molecule has 1 atom stereocenters. The first kappa shape index (κ1) is 9.95. The summed E-state index contributed by atoms with van der Waals surface area (Å²) in [4.78, 5) is 0. The van der Waals surface area contributed by atoms with Gasteiger partial charge in [0.25, 0.3) is 0 Å². The van der Waals surface area contributed by atoms with E-state index >= 15 is 0 Å². The van der Waals surface area contributed by atoms with E-state index in [9.17, 15) is 0 Å². The molecule has 0 aromatic carbocycles. The molecule has 0 N–H and O–H groups in total. The molecule has 0 spiro atoms. The van der Waals surface area contributed by atoms with Crippen LogP contribution in [0.25, 0.3) is 0 Å². The van der Waals surface area contributed by atoms with E-state index in [-0.39, 0.29) is 12.4 Å². The van der Waals surface area contributed by atoms with Crippen LogP contribution in [-0.4, -0.2) is 38.0 Å². The predicted molar refractivity (Wildman–Crippen MR) is 36.9 cm³/mol. The van der Waals surface area contributed by atoms with E-state index in [1.807, 2.05) is 6.08 Å². The number of nitrogens with zero attached hydrogens (tertiary/aromatic N) is 1. The molecule has 2 nitrogen and oxygen atoms in total. The Labute approximate surface area is 68.5 Å². The van der Waals surface area contributed by atoms with Crippen molar-refractivity contribution in [3.63, 3.8) is 0 Å². The molecule has 3 heteroatoms. The lowest BCUT2D eigenvalue weighted by atomic mass is 10.4. The van der Waals surface area contributed by atoms with Crippen LogP contribution in [0.15, 0.2) is 12.7 Å². The maximum absolute atomic E-state index is 5.24. The van der Waals surface area contributed by atoms with Crippen LogP contribution in [-0.2, 0) is 4.74 Å². The monoisotopic (exact) mass is 163 g/mol. The fourth-order valence-corrected chi connectivity index (χ4v) is 1.09. The summed E-state index contributed by atoms with van der Waals surface area (Å²) in [5.74, 6) is 0. The van der Waals surface area contributed by atoms with Gasteiger partial charge < -0.3 is 17.1 Å². The summed E-state index contributed by atoms with van der Waals surface area (Å²) in [6.07, 6.45) is 1.95. The number of hydrogen-bond donors (Lipinski definition) is 0. The Bertz CT molecular complexity index is 110. The van der Waals surface area contributed by atoms with Gasteiger partial charge in [0.15, 0.2) is 6.73 Å². The highest BCUT2D eigenvalue weighted by Crippen LogP contribution is 2.08. The molecule has 1 heterocycles. The minimum absolute atomic E-state index is 0. The molecule has 1 saturated heterocycles. The first-order chi connectivity index (χ1) is 4.27. The number of likely N-dealkylation sites (N-methyl/N-ethyl adjacent to an activating group) is 1. The first-order valence-electron chi connectivity index (χ1n) is 3.29. The highest BCUT2D eigenvalue weighted by molar-refractivity contribution is 4.65. The maximum atomic E-state index is 5.24. The van der Waals surface area contributed by atoms with Gasteiger partial charge >= 0.3 is 0 Å². The van der Waals surface area contributed by atoms with Crippen molar-refractivity contribution in [2.24, 2.45) is 0 Å². The molecular weight excluding hydrogens is 150 g/mol. The lowest BCUT2D eigenvalue weighted by Crippen LogP contribution is -3.00. The third-order valence-electron chi connectivity index (χ3n) is 1.75. The third-order valence-corrected chi connectivity index (χ3v) is 1.75. The predicted octanol–water partition coefficient (Wildman–Crippen LogP) is -2.39. The third kappa shape index (κ3) is 2.29. The largest absolute Gasteiger partial charge is 1.00 e. The lowest BCUT2D eigenvalue weighted by molar-refractivity contribution is -0.900. The van der Waals surface area contributed by atoms with Crippen LogP contribution in [0, 0.1) is 0 Å². The SMILES string of the molecule is C=CC[N+]1(C)CCOC1.[Cl-]. The molecule has 0 aromatic heterocycles. The van der Waals surface area contributed by atoms with Gasteiger partial charge in [-0.15, -0.1) is 0 Å². The first-order valence-corrected chi connectivity index (χ1v) is 3.29. The van der Waals surface area contributed by atoms with Gasteiger partial charge in [-0.3, -0.25) is 4.48 Å². The molecule has 1 aliphatic heterocycles. The number of quaternary nitrogens is 1. The van der Waals surface area contributed by atoms with Crippen LogP contribution >= 0.6 is 0 Å². The molecule has 0 saturated carbocycles. The molecule has 1 fully saturated rings. The molecule has 0 bridgehead atoms. The smallest absolute Gasteiger partial charge is 0.183 e. The Morgan fingerprint density at radius 3 is 2.80 bits per heavy atom. The van der Waals surface area contributed by atoms with E-state index in [2.05, 4.69) is 13.6 Å². The minimum atomic E-state index is 0. The average molecular weight is 164 g/mol. The highest BCUT2D eigenvalue weighted by Gasteiger charge is 2.25. The van der Waals surface area contributed by atoms with Crippen LogP contribution in [0.3, 0.4) is 0 Å². The second-order valence-corrected chi connectivity index (χ2v) is 2.85. The van der Waals surface area contributed by atoms with Crippen LogP contribution in [0.5, 0.6) is 0 Å². The summed E-state index contributed by atoms with van der Waals surface area (Å²) in [7, 11) is 2.19. The van der Waals surface area contributed by atoms with Crippen molar-refractivity contribution in [1.29, 1.82) is 0 Å². The van der Waals surface area contributed by atoms with Crippen molar-refractivity contribution >= 4 is 0 Å². The molecule has 1 rings (SSSR count). The zero-order valence-electron chi connectivity index (χ0n) is 6.35. The van der Waals surface area contributed by atoms with E-state index < -0.39 is 0 Å². The second-order valence-electron chi connectivity index (χ2n) is 2.85. The van der Waals surface area contributed by atoms with E-state index in [1.54, 1.807) is 0 Å². The Hall–Kier alpha value is -0.0500. The topological polar surface area (TPSA) is 9.23 Å². The lowest BCUT2D eigenvalue weighted by Gasteiger charge is -2.24. The van der Waals surface area contributed by atoms with Crippen molar-refractivity contribution in [1.82, 2.24) is 0 Å². The van der Waals surface area contributed by atoms with Crippen molar-refractivity contribution in [2.75, 3.05) is 33.5 Å². The van der Waals surface area contributed by atoms with Gasteiger partial charge in [0, 0.05) is 0 Å². The molecule has 1 unspecified atom stereocenters. The number of rotatable bonds is 2. The summed E-state index contributed by atoms with van der Waals surface area (Å²) >= 11 is 0. The Balaban J connectivity index is 0.000000810. The van der Waals surface area contributed by atoms with Gasteiger partial charge in [0.2, 0.25) is 0 Å². The summed E-state index contributed by atoms with van der Waals surface area (Å²) in [5, 5.41) is 0. The van der Waals surface area contributed by atoms with Gasteiger partial charge in [0.1, 0.15) is 13.2 Å². The fraction of sp³-hybridized carbons (Fsp3) is 0.714. The Morgan fingerprint density at radius 1 is 1.70 bits per heavy atom. The number of hydrogen-bond acceptors (Lipinski definition) is 1. The number of ether oxygens (including phenoxy) is 1. The van der Waals surface area contributed by atoms with E-state index in [0.717, 1.165) is 30.9 Å². The van der Waals surface area contributed by atoms with Crippen LogP contribution in [0.4, 0.5) is 0 Å². The zero-order valence-corrected chi connectivity index (χ0v) is 7.10. The zero-order chi connectivity index (χ0) is 6.74. The molecule has 0 aliphatic carbocycles. The molecule has 0 aromatic rings. The van der Waals surface area contributed by atoms with Crippen LogP contribution in [0.1, 0.15) is 0 Å². The highest BCUT2D eigenvalue weighted by atomic mass is 35.5. The maximum Gasteiger partial charge on any atom is 0.183 e. The van der Waals surface area contributed by atoms with Gasteiger partial charge in [-0.2, -0.15) is 0 Å². The standard InChI is InChI=1S/C7H14NO.ClH/c1-3-4-8(2)5-6-9-7-8;/h3H,1,4-7H2,2H3;1H/q+1;/p-1. The van der Waals surface area contributed by atoms with Gasteiger partial charge in [0.05, 0.1) is 13.6 Å². The normalized spacial score (nSPS) is 31.3. The van der Waals surface area contributed by atoms with E-state index in [1.165, 1.54) is 0 Å². The second kappa shape index (κ2) is 3.96. The van der Waals surface area contributed by atoms with Crippen LogP contribution < -0.4 is 12.4 Å².